The van der Waals surface area contributed by atoms with Crippen molar-refractivity contribution in [2.24, 2.45) is 5.73 Å². The van der Waals surface area contributed by atoms with Gasteiger partial charge in [-0.05, 0) is 34.1 Å². The van der Waals surface area contributed by atoms with Gasteiger partial charge < -0.3 is 20.1 Å². The number of nitrogens with two attached hydrogens (primary N) is 1. The highest BCUT2D eigenvalue weighted by atomic mass is 79.9. The van der Waals surface area contributed by atoms with Crippen LogP contribution >= 0.6 is 28.1 Å². The number of hydrogen-bond donors (Lipinski definition) is 1. The predicted octanol–water partition coefficient (Wildman–Crippen LogP) is 1.58. The molecule has 1 aromatic carbocycles. The summed E-state index contributed by atoms with van der Waals surface area (Å²) >= 11 is 8.31. The van der Waals surface area contributed by atoms with Gasteiger partial charge in [-0.2, -0.15) is 0 Å². The molecule has 1 aromatic rings. The first-order chi connectivity index (χ1) is 9.52. The first kappa shape index (κ1) is 15.2. The minimum Gasteiger partial charge on any atom is -0.497 e. The zero-order valence-corrected chi connectivity index (χ0v) is 13.4. The van der Waals surface area contributed by atoms with Gasteiger partial charge in [0.25, 0.3) is 5.91 Å². The Morgan fingerprint density at radius 2 is 2.35 bits per heavy atom. The monoisotopic (exact) mass is 358 g/mol. The van der Waals surface area contributed by atoms with E-state index in [-0.39, 0.29) is 17.0 Å². The smallest absolute Gasteiger partial charge is 0.255 e. The molecule has 2 rings (SSSR count). The number of ether oxygens (including phenoxy) is 2. The van der Waals surface area contributed by atoms with Crippen LogP contribution in [0.25, 0.3) is 0 Å². The van der Waals surface area contributed by atoms with Crippen molar-refractivity contribution in [2.45, 2.75) is 6.10 Å². The number of thiocarbonyl (C=S) groups is 1. The van der Waals surface area contributed by atoms with E-state index in [2.05, 4.69) is 15.9 Å². The molecule has 20 heavy (non-hydrogen) atoms. The summed E-state index contributed by atoms with van der Waals surface area (Å²) in [4.78, 5) is 14.5. The zero-order valence-electron chi connectivity index (χ0n) is 11.0. The second kappa shape index (κ2) is 6.51. The lowest BCUT2D eigenvalue weighted by atomic mass is 10.1. The van der Waals surface area contributed by atoms with Crippen molar-refractivity contribution in [3.05, 3.63) is 28.2 Å². The Morgan fingerprint density at radius 3 is 3.00 bits per heavy atom. The Labute approximate surface area is 131 Å². The van der Waals surface area contributed by atoms with Gasteiger partial charge in [0.05, 0.1) is 25.8 Å². The first-order valence-corrected chi connectivity index (χ1v) is 7.26. The van der Waals surface area contributed by atoms with Crippen LogP contribution in [0.3, 0.4) is 0 Å². The summed E-state index contributed by atoms with van der Waals surface area (Å²) in [7, 11) is 1.56. The number of nitrogens with zero attached hydrogens (tertiary/aromatic N) is 1. The molecule has 0 aromatic heterocycles. The van der Waals surface area contributed by atoms with Crippen LogP contribution in [0.15, 0.2) is 22.7 Å². The number of amides is 1. The molecular weight excluding hydrogens is 344 g/mol. The molecule has 0 saturated carbocycles. The predicted molar refractivity (Wildman–Crippen MR) is 83.1 cm³/mol. The average Bonchev–Trinajstić information content (AvgIpc) is 2.47. The summed E-state index contributed by atoms with van der Waals surface area (Å²) in [6.45, 7) is 1.31. The first-order valence-electron chi connectivity index (χ1n) is 6.06. The van der Waals surface area contributed by atoms with Crippen molar-refractivity contribution in [3.63, 3.8) is 0 Å². The molecule has 7 heteroatoms. The van der Waals surface area contributed by atoms with Crippen molar-refractivity contribution in [1.29, 1.82) is 0 Å². The van der Waals surface area contributed by atoms with Crippen LogP contribution in [0.5, 0.6) is 5.75 Å². The molecule has 1 fully saturated rings. The lowest BCUT2D eigenvalue weighted by molar-refractivity contribution is 0.00873. The van der Waals surface area contributed by atoms with Gasteiger partial charge in [-0.25, -0.2) is 0 Å². The summed E-state index contributed by atoms with van der Waals surface area (Å²) in [6.07, 6.45) is -0.382. The van der Waals surface area contributed by atoms with Crippen molar-refractivity contribution in [2.75, 3.05) is 26.8 Å². The Bertz CT molecular complexity index is 538. The second-order valence-corrected chi connectivity index (χ2v) is 5.68. The third-order valence-electron chi connectivity index (χ3n) is 3.07. The van der Waals surface area contributed by atoms with Crippen molar-refractivity contribution in [3.8, 4) is 5.75 Å². The van der Waals surface area contributed by atoms with Gasteiger partial charge in [0.1, 0.15) is 16.8 Å². The minimum absolute atomic E-state index is 0.0969. The van der Waals surface area contributed by atoms with Gasteiger partial charge in [0, 0.05) is 11.0 Å². The van der Waals surface area contributed by atoms with E-state index in [9.17, 15) is 4.79 Å². The number of carbonyl (C=O) groups excluding carboxylic acids is 1. The Balaban J connectivity index is 2.20. The maximum absolute atomic E-state index is 12.6. The number of rotatable bonds is 3. The van der Waals surface area contributed by atoms with Crippen molar-refractivity contribution < 1.29 is 14.3 Å². The standard InChI is InChI=1S/C13H15BrN2O3S/c1-18-8-2-3-10(14)9(6-8)13(17)16-4-5-19-11(7-16)12(15)20/h2-3,6,11H,4-5,7H2,1H3,(H2,15,20). The van der Waals surface area contributed by atoms with E-state index in [0.717, 1.165) is 4.47 Å². The summed E-state index contributed by atoms with van der Waals surface area (Å²) in [5.74, 6) is 0.538. The molecule has 1 atom stereocenters. The van der Waals surface area contributed by atoms with Crippen LogP contribution in [0.2, 0.25) is 0 Å². The van der Waals surface area contributed by atoms with E-state index >= 15 is 0 Å². The van der Waals surface area contributed by atoms with Gasteiger partial charge in [0.15, 0.2) is 0 Å². The van der Waals surface area contributed by atoms with Gasteiger partial charge >= 0.3 is 0 Å². The van der Waals surface area contributed by atoms with E-state index < -0.39 is 0 Å². The number of halogens is 1. The highest BCUT2D eigenvalue weighted by Gasteiger charge is 2.27. The van der Waals surface area contributed by atoms with E-state index in [1.54, 1.807) is 30.2 Å². The van der Waals surface area contributed by atoms with Crippen LogP contribution < -0.4 is 10.5 Å². The summed E-state index contributed by atoms with van der Waals surface area (Å²) in [6, 6.07) is 5.28. The topological polar surface area (TPSA) is 64.8 Å². The summed E-state index contributed by atoms with van der Waals surface area (Å²) in [5, 5.41) is 0. The van der Waals surface area contributed by atoms with Gasteiger partial charge in [0.2, 0.25) is 0 Å². The molecule has 1 amide bonds. The van der Waals surface area contributed by atoms with Gasteiger partial charge in [-0.15, -0.1) is 0 Å². The molecule has 108 valence electrons. The van der Waals surface area contributed by atoms with Crippen LogP contribution in [0.1, 0.15) is 10.4 Å². The average molecular weight is 359 g/mol. The molecule has 1 heterocycles. The number of methoxy groups -OCH3 is 1. The van der Waals surface area contributed by atoms with Crippen molar-refractivity contribution in [1.82, 2.24) is 4.90 Å². The van der Waals surface area contributed by atoms with E-state index in [4.69, 9.17) is 27.4 Å². The Kier molecular flexibility index (Phi) is 4.95. The molecule has 2 N–H and O–H groups in total. The molecule has 1 saturated heterocycles. The van der Waals surface area contributed by atoms with Crippen LogP contribution in [0.4, 0.5) is 0 Å². The van der Waals surface area contributed by atoms with Crippen LogP contribution in [0, 0.1) is 0 Å². The normalized spacial score (nSPS) is 18.7. The van der Waals surface area contributed by atoms with E-state index in [1.165, 1.54) is 0 Å². The molecule has 1 aliphatic rings. The molecule has 5 nitrogen and oxygen atoms in total. The molecule has 1 aliphatic heterocycles. The minimum atomic E-state index is -0.382. The highest BCUT2D eigenvalue weighted by Crippen LogP contribution is 2.24. The molecule has 0 aliphatic carbocycles. The fourth-order valence-electron chi connectivity index (χ4n) is 1.97. The highest BCUT2D eigenvalue weighted by molar-refractivity contribution is 9.10. The fraction of sp³-hybridized carbons (Fsp3) is 0.385. The summed E-state index contributed by atoms with van der Waals surface area (Å²) < 4.78 is 11.3. The van der Waals surface area contributed by atoms with E-state index in [0.29, 0.717) is 31.0 Å². The largest absolute Gasteiger partial charge is 0.497 e. The summed E-state index contributed by atoms with van der Waals surface area (Å²) in [5.41, 5.74) is 6.13. The third kappa shape index (κ3) is 3.28. The molecular formula is C13H15BrN2O3S. The zero-order chi connectivity index (χ0) is 14.7. The second-order valence-electron chi connectivity index (χ2n) is 4.36. The van der Waals surface area contributed by atoms with Crippen molar-refractivity contribution >= 4 is 39.0 Å². The number of benzene rings is 1. The maximum Gasteiger partial charge on any atom is 0.255 e. The number of carbonyl (C=O) groups is 1. The lowest BCUT2D eigenvalue weighted by Gasteiger charge is -2.32. The van der Waals surface area contributed by atoms with E-state index in [1.807, 2.05) is 0 Å². The molecule has 1 unspecified atom stereocenters. The number of hydrogen-bond acceptors (Lipinski definition) is 4. The third-order valence-corrected chi connectivity index (χ3v) is 4.03. The molecule has 0 spiro atoms. The molecule has 0 radical (unpaired) electrons. The quantitative estimate of drug-likeness (QED) is 0.831. The van der Waals surface area contributed by atoms with Crippen LogP contribution in [-0.4, -0.2) is 48.7 Å². The van der Waals surface area contributed by atoms with Gasteiger partial charge in [-0.1, -0.05) is 12.2 Å². The molecule has 0 bridgehead atoms. The Morgan fingerprint density at radius 1 is 1.60 bits per heavy atom. The lowest BCUT2D eigenvalue weighted by Crippen LogP contribution is -2.50. The van der Waals surface area contributed by atoms with Crippen LogP contribution in [-0.2, 0) is 4.74 Å². The SMILES string of the molecule is COc1ccc(Br)c(C(=O)N2CCOC(C(N)=S)C2)c1. The van der Waals surface area contributed by atoms with Gasteiger partial charge in [-0.3, -0.25) is 4.79 Å². The number of morpholine rings is 1. The Hall–Kier alpha value is -1.18. The maximum atomic E-state index is 12.6. The fourth-order valence-corrected chi connectivity index (χ4v) is 2.53.